The third kappa shape index (κ3) is 3.36. The van der Waals surface area contributed by atoms with Crippen LogP contribution in [-0.4, -0.2) is 19.7 Å². The largest absolute Gasteiger partial charge is 0.270 e. The molecule has 6 heteroatoms. The molecular weight excluding hydrogens is 324 g/mol. The molecular formula is C13H17BrN4S. The Labute approximate surface area is 126 Å². The number of hydrogen-bond donors (Lipinski definition) is 0. The van der Waals surface area contributed by atoms with E-state index in [-0.39, 0.29) is 0 Å². The van der Waals surface area contributed by atoms with Gasteiger partial charge in [0.1, 0.15) is 0 Å². The third-order valence-electron chi connectivity index (χ3n) is 2.80. The van der Waals surface area contributed by atoms with Crippen LogP contribution in [0.5, 0.6) is 0 Å². The van der Waals surface area contributed by atoms with Gasteiger partial charge in [-0.2, -0.15) is 5.10 Å². The van der Waals surface area contributed by atoms with E-state index in [1.165, 1.54) is 5.69 Å². The van der Waals surface area contributed by atoms with Gasteiger partial charge in [-0.05, 0) is 42.3 Å². The molecule has 0 aromatic carbocycles. The lowest BCUT2D eigenvalue weighted by atomic mass is 10.3. The van der Waals surface area contributed by atoms with Crippen LogP contribution in [-0.2, 0) is 19.2 Å². The Balaban J connectivity index is 2.16. The van der Waals surface area contributed by atoms with E-state index >= 15 is 0 Å². The highest BCUT2D eigenvalue weighted by molar-refractivity contribution is 9.10. The molecule has 0 saturated heterocycles. The predicted octanol–water partition coefficient (Wildman–Crippen LogP) is 3.44. The van der Waals surface area contributed by atoms with Crippen LogP contribution in [0, 0.1) is 13.8 Å². The fourth-order valence-electron chi connectivity index (χ4n) is 1.87. The van der Waals surface area contributed by atoms with Crippen molar-refractivity contribution in [1.82, 2.24) is 19.7 Å². The summed E-state index contributed by atoms with van der Waals surface area (Å²) in [5.74, 6) is 0.812. The minimum atomic E-state index is 0.812. The third-order valence-corrected chi connectivity index (χ3v) is 4.58. The average Bonchev–Trinajstić information content (AvgIpc) is 2.61. The summed E-state index contributed by atoms with van der Waals surface area (Å²) in [6.45, 7) is 6.10. The van der Waals surface area contributed by atoms with Crippen LogP contribution in [0.2, 0.25) is 0 Å². The van der Waals surface area contributed by atoms with Gasteiger partial charge in [-0.3, -0.25) is 4.68 Å². The van der Waals surface area contributed by atoms with E-state index in [0.29, 0.717) is 0 Å². The Bertz CT molecular complexity index is 574. The highest BCUT2D eigenvalue weighted by atomic mass is 79.9. The maximum absolute atomic E-state index is 4.49. The van der Waals surface area contributed by atoms with Crippen molar-refractivity contribution in [1.29, 1.82) is 0 Å². The van der Waals surface area contributed by atoms with E-state index in [0.717, 1.165) is 38.9 Å². The topological polar surface area (TPSA) is 43.6 Å². The maximum Gasteiger partial charge on any atom is 0.188 e. The fraction of sp³-hybridized carbons (Fsp3) is 0.462. The van der Waals surface area contributed by atoms with Crippen molar-refractivity contribution in [3.8, 4) is 0 Å². The number of aryl methyl sites for hydroxylation is 4. The summed E-state index contributed by atoms with van der Waals surface area (Å²) < 4.78 is 3.04. The van der Waals surface area contributed by atoms with E-state index in [1.54, 1.807) is 11.8 Å². The first-order chi connectivity index (χ1) is 9.01. The Morgan fingerprint density at radius 3 is 2.42 bits per heavy atom. The number of rotatable bonds is 4. The summed E-state index contributed by atoms with van der Waals surface area (Å²) in [6.07, 6.45) is 0.930. The number of hydrogen-bond acceptors (Lipinski definition) is 4. The van der Waals surface area contributed by atoms with Crippen molar-refractivity contribution < 1.29 is 0 Å². The van der Waals surface area contributed by atoms with Crippen molar-refractivity contribution in [3.63, 3.8) is 0 Å². The molecule has 2 aromatic heterocycles. The Kier molecular flexibility index (Phi) is 4.62. The van der Waals surface area contributed by atoms with Crippen LogP contribution < -0.4 is 0 Å². The van der Waals surface area contributed by atoms with Crippen LogP contribution in [0.25, 0.3) is 0 Å². The molecule has 0 N–H and O–H groups in total. The van der Waals surface area contributed by atoms with Crippen molar-refractivity contribution >= 4 is 27.7 Å². The first-order valence-corrected chi connectivity index (χ1v) is 7.94. The molecule has 0 atom stereocenters. The van der Waals surface area contributed by atoms with Crippen LogP contribution in [0.1, 0.15) is 29.7 Å². The smallest absolute Gasteiger partial charge is 0.188 e. The van der Waals surface area contributed by atoms with E-state index in [1.807, 2.05) is 31.6 Å². The highest BCUT2D eigenvalue weighted by Gasteiger charge is 2.13. The van der Waals surface area contributed by atoms with Gasteiger partial charge in [0.15, 0.2) is 5.16 Å². The van der Waals surface area contributed by atoms with Crippen LogP contribution in [0.15, 0.2) is 15.7 Å². The van der Waals surface area contributed by atoms with Gasteiger partial charge in [0, 0.05) is 24.2 Å². The second-order valence-electron chi connectivity index (χ2n) is 4.41. The Hall–Kier alpha value is -0.880. The van der Waals surface area contributed by atoms with Crippen molar-refractivity contribution in [3.05, 3.63) is 33.3 Å². The molecule has 0 aliphatic heterocycles. The normalized spacial score (nSPS) is 11.0. The number of thioether (sulfide) groups is 1. The minimum Gasteiger partial charge on any atom is -0.270 e. The molecule has 19 heavy (non-hydrogen) atoms. The van der Waals surface area contributed by atoms with E-state index in [4.69, 9.17) is 0 Å². The molecule has 2 heterocycles. The van der Waals surface area contributed by atoms with E-state index in [9.17, 15) is 0 Å². The van der Waals surface area contributed by atoms with Crippen molar-refractivity contribution in [2.24, 2.45) is 7.05 Å². The standard InChI is InChI=1S/C13H17BrN4S/c1-5-10-12(14)11(18(4)17-10)7-19-13-15-8(2)6-9(3)16-13/h6H,5,7H2,1-4H3. The fourth-order valence-corrected chi connectivity index (χ4v) is 3.82. The zero-order valence-electron chi connectivity index (χ0n) is 11.6. The molecule has 2 rings (SSSR count). The van der Waals surface area contributed by atoms with Gasteiger partial charge in [0.05, 0.1) is 15.9 Å². The highest BCUT2D eigenvalue weighted by Crippen LogP contribution is 2.27. The Morgan fingerprint density at radius 2 is 1.89 bits per heavy atom. The summed E-state index contributed by atoms with van der Waals surface area (Å²) in [5, 5.41) is 5.31. The number of aromatic nitrogens is 4. The average molecular weight is 341 g/mol. The first-order valence-electron chi connectivity index (χ1n) is 6.16. The first kappa shape index (κ1) is 14.5. The summed E-state index contributed by atoms with van der Waals surface area (Å²) in [5.41, 5.74) is 4.28. The molecule has 0 amide bonds. The maximum atomic E-state index is 4.49. The lowest BCUT2D eigenvalue weighted by molar-refractivity contribution is 0.719. The molecule has 102 valence electrons. The van der Waals surface area contributed by atoms with E-state index < -0.39 is 0 Å². The molecule has 0 saturated carbocycles. The zero-order valence-corrected chi connectivity index (χ0v) is 14.0. The molecule has 0 unspecified atom stereocenters. The number of halogens is 1. The van der Waals surface area contributed by atoms with Gasteiger partial charge in [-0.1, -0.05) is 18.7 Å². The molecule has 0 aliphatic carbocycles. The molecule has 2 aromatic rings. The van der Waals surface area contributed by atoms with Gasteiger partial charge in [-0.15, -0.1) is 0 Å². The summed E-state index contributed by atoms with van der Waals surface area (Å²) in [4.78, 5) is 8.88. The minimum absolute atomic E-state index is 0.812. The molecule has 0 aliphatic rings. The Morgan fingerprint density at radius 1 is 1.26 bits per heavy atom. The SMILES string of the molecule is CCc1nn(C)c(CSc2nc(C)cc(C)n2)c1Br. The second kappa shape index (κ2) is 6.05. The predicted molar refractivity (Wildman–Crippen MR) is 81.4 cm³/mol. The van der Waals surface area contributed by atoms with Crippen LogP contribution in [0.3, 0.4) is 0 Å². The molecule has 0 radical (unpaired) electrons. The van der Waals surface area contributed by atoms with Gasteiger partial charge in [0.25, 0.3) is 0 Å². The van der Waals surface area contributed by atoms with Gasteiger partial charge in [0.2, 0.25) is 0 Å². The summed E-state index contributed by atoms with van der Waals surface area (Å²) in [6, 6.07) is 1.99. The van der Waals surface area contributed by atoms with Gasteiger partial charge >= 0.3 is 0 Å². The summed E-state index contributed by atoms with van der Waals surface area (Å²) >= 11 is 5.27. The van der Waals surface area contributed by atoms with Gasteiger partial charge < -0.3 is 0 Å². The molecule has 0 bridgehead atoms. The lowest BCUT2D eigenvalue weighted by Gasteiger charge is -2.04. The van der Waals surface area contributed by atoms with E-state index in [2.05, 4.69) is 37.9 Å². The van der Waals surface area contributed by atoms with Crippen LogP contribution in [0.4, 0.5) is 0 Å². The number of nitrogens with zero attached hydrogens (tertiary/aromatic N) is 4. The molecule has 0 fully saturated rings. The zero-order chi connectivity index (χ0) is 14.0. The summed E-state index contributed by atoms with van der Waals surface area (Å²) in [7, 11) is 1.97. The van der Waals surface area contributed by atoms with Crippen molar-refractivity contribution in [2.45, 2.75) is 38.1 Å². The van der Waals surface area contributed by atoms with Crippen LogP contribution >= 0.6 is 27.7 Å². The van der Waals surface area contributed by atoms with Gasteiger partial charge in [-0.25, -0.2) is 9.97 Å². The van der Waals surface area contributed by atoms with Crippen molar-refractivity contribution in [2.75, 3.05) is 0 Å². The quantitative estimate of drug-likeness (QED) is 0.631. The molecule has 0 spiro atoms. The molecule has 4 nitrogen and oxygen atoms in total. The lowest BCUT2D eigenvalue weighted by Crippen LogP contribution is -1.98. The monoisotopic (exact) mass is 340 g/mol. The second-order valence-corrected chi connectivity index (χ2v) is 6.14.